The SMILES string of the molecule is FC(F)(F)c1ccc(CN2CN3CCOc4cccc2c43)cc1. The van der Waals surface area contributed by atoms with Crippen molar-refractivity contribution in [2.24, 2.45) is 0 Å². The van der Waals surface area contributed by atoms with Crippen LogP contribution in [0.1, 0.15) is 11.1 Å². The minimum atomic E-state index is -4.29. The molecule has 0 amide bonds. The Labute approximate surface area is 131 Å². The molecule has 2 aliphatic heterocycles. The molecular formula is C17H15F3N2O. The first-order chi connectivity index (χ1) is 11.0. The molecule has 2 heterocycles. The van der Waals surface area contributed by atoms with Crippen molar-refractivity contribution in [3.63, 3.8) is 0 Å². The first kappa shape index (κ1) is 14.2. The van der Waals surface area contributed by atoms with Gasteiger partial charge in [0.25, 0.3) is 0 Å². The van der Waals surface area contributed by atoms with Gasteiger partial charge in [-0.25, -0.2) is 0 Å². The Kier molecular flexibility index (Phi) is 3.14. The Bertz CT molecular complexity index is 728. The van der Waals surface area contributed by atoms with E-state index in [2.05, 4.69) is 9.80 Å². The van der Waals surface area contributed by atoms with Crippen LogP contribution in [0.15, 0.2) is 42.5 Å². The molecule has 120 valence electrons. The van der Waals surface area contributed by atoms with Crippen LogP contribution < -0.4 is 14.5 Å². The summed E-state index contributed by atoms with van der Waals surface area (Å²) in [7, 11) is 0. The predicted octanol–water partition coefficient (Wildman–Crippen LogP) is 3.88. The van der Waals surface area contributed by atoms with Crippen LogP contribution in [-0.2, 0) is 12.7 Å². The fourth-order valence-electron chi connectivity index (χ4n) is 3.16. The number of rotatable bonds is 2. The summed E-state index contributed by atoms with van der Waals surface area (Å²) in [6.45, 7) is 2.79. The van der Waals surface area contributed by atoms with Gasteiger partial charge in [-0.15, -0.1) is 0 Å². The second-order valence-corrected chi connectivity index (χ2v) is 5.77. The molecule has 0 saturated carbocycles. The molecule has 4 rings (SSSR count). The van der Waals surface area contributed by atoms with Crippen molar-refractivity contribution in [1.82, 2.24) is 0 Å². The Morgan fingerprint density at radius 3 is 2.57 bits per heavy atom. The molecule has 0 fully saturated rings. The monoisotopic (exact) mass is 320 g/mol. The summed E-state index contributed by atoms with van der Waals surface area (Å²) in [4.78, 5) is 4.41. The lowest BCUT2D eigenvalue weighted by atomic mass is 10.1. The van der Waals surface area contributed by atoms with Crippen LogP contribution >= 0.6 is 0 Å². The number of ether oxygens (including phenoxy) is 1. The highest BCUT2D eigenvalue weighted by molar-refractivity contribution is 5.82. The lowest BCUT2D eigenvalue weighted by Crippen LogP contribution is -2.35. The van der Waals surface area contributed by atoms with Crippen LogP contribution in [0.2, 0.25) is 0 Å². The highest BCUT2D eigenvalue weighted by Gasteiger charge is 2.32. The van der Waals surface area contributed by atoms with Crippen LogP contribution in [0.3, 0.4) is 0 Å². The second-order valence-electron chi connectivity index (χ2n) is 5.77. The molecular weight excluding hydrogens is 305 g/mol. The van der Waals surface area contributed by atoms with Crippen LogP contribution in [0.25, 0.3) is 0 Å². The first-order valence-corrected chi connectivity index (χ1v) is 7.44. The standard InChI is InChI=1S/C17H15F3N2O/c18-17(19,20)13-6-4-12(5-7-13)10-22-11-21-8-9-23-15-3-1-2-14(22)16(15)21/h1-7H,8-11H2. The molecule has 0 aromatic heterocycles. The molecule has 0 unspecified atom stereocenters. The molecule has 0 saturated heterocycles. The minimum Gasteiger partial charge on any atom is -0.489 e. The van der Waals surface area contributed by atoms with Gasteiger partial charge < -0.3 is 14.5 Å². The van der Waals surface area contributed by atoms with Crippen molar-refractivity contribution in [2.75, 3.05) is 29.6 Å². The number of hydrogen-bond acceptors (Lipinski definition) is 3. The fourth-order valence-corrected chi connectivity index (χ4v) is 3.16. The third-order valence-electron chi connectivity index (χ3n) is 4.25. The Hall–Kier alpha value is -2.37. The molecule has 2 aromatic rings. The van der Waals surface area contributed by atoms with Crippen molar-refractivity contribution >= 4 is 11.4 Å². The number of anilines is 2. The molecule has 6 heteroatoms. The molecule has 23 heavy (non-hydrogen) atoms. The molecule has 3 nitrogen and oxygen atoms in total. The molecule has 0 radical (unpaired) electrons. The highest BCUT2D eigenvalue weighted by atomic mass is 19.4. The van der Waals surface area contributed by atoms with E-state index in [1.165, 1.54) is 0 Å². The summed E-state index contributed by atoms with van der Waals surface area (Å²) in [5, 5.41) is 0. The van der Waals surface area contributed by atoms with Crippen LogP contribution in [0.5, 0.6) is 5.75 Å². The first-order valence-electron chi connectivity index (χ1n) is 7.44. The van der Waals surface area contributed by atoms with Crippen molar-refractivity contribution in [3.8, 4) is 5.75 Å². The van der Waals surface area contributed by atoms with Gasteiger partial charge in [-0.2, -0.15) is 13.2 Å². The number of halogens is 3. The molecule has 0 N–H and O–H groups in total. The van der Waals surface area contributed by atoms with E-state index in [0.717, 1.165) is 48.0 Å². The van der Waals surface area contributed by atoms with Gasteiger partial charge >= 0.3 is 6.18 Å². The lowest BCUT2D eigenvalue weighted by molar-refractivity contribution is -0.137. The maximum absolute atomic E-state index is 12.6. The third kappa shape index (κ3) is 2.48. The minimum absolute atomic E-state index is 0.574. The average Bonchev–Trinajstić information content (AvgIpc) is 2.87. The number of hydrogen-bond donors (Lipinski definition) is 0. The van der Waals surface area contributed by atoms with E-state index in [1.807, 2.05) is 18.2 Å². The largest absolute Gasteiger partial charge is 0.489 e. The maximum Gasteiger partial charge on any atom is 0.416 e. The topological polar surface area (TPSA) is 15.7 Å². The zero-order valence-corrected chi connectivity index (χ0v) is 12.3. The van der Waals surface area contributed by atoms with Crippen LogP contribution in [-0.4, -0.2) is 19.8 Å². The zero-order valence-electron chi connectivity index (χ0n) is 12.3. The third-order valence-corrected chi connectivity index (χ3v) is 4.25. The number of alkyl halides is 3. The van der Waals surface area contributed by atoms with Crippen molar-refractivity contribution in [2.45, 2.75) is 12.7 Å². The van der Waals surface area contributed by atoms with Gasteiger partial charge in [0.15, 0.2) is 0 Å². The Morgan fingerprint density at radius 2 is 1.83 bits per heavy atom. The number of para-hydroxylation sites is 1. The predicted molar refractivity (Wildman–Crippen MR) is 81.8 cm³/mol. The second kappa shape index (κ2) is 5.08. The molecule has 0 atom stereocenters. The van der Waals surface area contributed by atoms with Gasteiger partial charge in [-0.1, -0.05) is 18.2 Å². The van der Waals surface area contributed by atoms with Gasteiger partial charge in [0.05, 0.1) is 24.5 Å². The summed E-state index contributed by atoms with van der Waals surface area (Å²) in [5.41, 5.74) is 2.41. The van der Waals surface area contributed by atoms with E-state index in [4.69, 9.17) is 4.74 Å². The summed E-state index contributed by atoms with van der Waals surface area (Å²) in [6, 6.07) is 11.3. The number of nitrogens with zero attached hydrogens (tertiary/aromatic N) is 2. The Morgan fingerprint density at radius 1 is 1.04 bits per heavy atom. The van der Waals surface area contributed by atoms with E-state index in [9.17, 15) is 13.2 Å². The molecule has 0 bridgehead atoms. The summed E-state index contributed by atoms with van der Waals surface area (Å²) in [6.07, 6.45) is -4.29. The van der Waals surface area contributed by atoms with Gasteiger partial charge in [0.1, 0.15) is 18.0 Å². The fraction of sp³-hybridized carbons (Fsp3) is 0.294. The number of benzene rings is 2. The van der Waals surface area contributed by atoms with E-state index < -0.39 is 11.7 Å². The molecule has 2 aliphatic rings. The summed E-state index contributed by atoms with van der Waals surface area (Å²) >= 11 is 0. The van der Waals surface area contributed by atoms with E-state index in [-0.39, 0.29) is 0 Å². The van der Waals surface area contributed by atoms with Gasteiger partial charge in [0, 0.05) is 6.54 Å². The molecule has 2 aromatic carbocycles. The van der Waals surface area contributed by atoms with Crippen molar-refractivity contribution in [1.29, 1.82) is 0 Å². The Balaban J connectivity index is 1.58. The summed E-state index contributed by atoms with van der Waals surface area (Å²) in [5.74, 6) is 0.878. The molecule has 0 aliphatic carbocycles. The zero-order chi connectivity index (χ0) is 16.0. The van der Waals surface area contributed by atoms with Crippen LogP contribution in [0, 0.1) is 0 Å². The van der Waals surface area contributed by atoms with Crippen LogP contribution in [0.4, 0.5) is 24.5 Å². The normalized spacial score (nSPS) is 16.3. The quantitative estimate of drug-likeness (QED) is 0.835. The van der Waals surface area contributed by atoms with E-state index >= 15 is 0 Å². The molecule has 0 spiro atoms. The van der Waals surface area contributed by atoms with Gasteiger partial charge in [0.2, 0.25) is 0 Å². The lowest BCUT2D eigenvalue weighted by Gasteiger charge is -2.26. The maximum atomic E-state index is 12.6. The average molecular weight is 320 g/mol. The van der Waals surface area contributed by atoms with Gasteiger partial charge in [-0.3, -0.25) is 0 Å². The summed E-state index contributed by atoms with van der Waals surface area (Å²) < 4.78 is 43.6. The van der Waals surface area contributed by atoms with Crippen molar-refractivity contribution < 1.29 is 17.9 Å². The van der Waals surface area contributed by atoms with Crippen molar-refractivity contribution in [3.05, 3.63) is 53.6 Å². The smallest absolute Gasteiger partial charge is 0.416 e. The van der Waals surface area contributed by atoms with E-state index in [0.29, 0.717) is 13.2 Å². The van der Waals surface area contributed by atoms with E-state index in [1.54, 1.807) is 12.1 Å². The van der Waals surface area contributed by atoms with Gasteiger partial charge in [-0.05, 0) is 29.8 Å². The highest BCUT2D eigenvalue weighted by Crippen LogP contribution is 2.45.